The van der Waals surface area contributed by atoms with Gasteiger partial charge in [-0.05, 0) is 161 Å². The van der Waals surface area contributed by atoms with Gasteiger partial charge < -0.3 is 48.0 Å². The average molecular weight is 1480 g/mol. The minimum absolute atomic E-state index is 0. The number of rotatable bonds is 13. The van der Waals surface area contributed by atoms with Crippen LogP contribution in [0, 0.1) is 0 Å². The summed E-state index contributed by atoms with van der Waals surface area (Å²) >= 11 is 26.4. The van der Waals surface area contributed by atoms with Crippen molar-refractivity contribution < 1.29 is 33.8 Å². The number of aromatic amines is 1. The van der Waals surface area contributed by atoms with Gasteiger partial charge in [0.2, 0.25) is 5.91 Å². The summed E-state index contributed by atoms with van der Waals surface area (Å²) in [6, 6.07) is 35.6. The molecule has 2 fully saturated rings. The van der Waals surface area contributed by atoms with Crippen molar-refractivity contribution in [2.24, 2.45) is 0 Å². The number of nitrogens with zero attached hydrogens (tertiary/aromatic N) is 12. The SMILES string of the molecule is C1CNC1.CCOC(=O)CBr.CCOC(=O)Cn1cnc2ccn(-c3ccc(Cl)cc3)c2c1=O.Cl.O=C(Cn1cnc2ccn(-c3ccc(Cl)cc3)c2c1=O)N1CCC1.O=C(O)Cn1cnc2ccn(-c3ccc(Cl)cc3)c2c1=O.O=c1[nH]cnc2ccn(-c3ccc(Cl)cc3)c12. The lowest BCUT2D eigenvalue weighted by molar-refractivity contribution is -0.144. The zero-order chi connectivity index (χ0) is 68.4. The molecule has 0 aliphatic carbocycles. The Balaban J connectivity index is 0.000000157. The minimum atomic E-state index is -1.09. The number of carbonyl (C=O) groups excluding carboxylic acids is 3. The molecule has 0 bridgehead atoms. The summed E-state index contributed by atoms with van der Waals surface area (Å²) < 4.78 is 20.0. The van der Waals surface area contributed by atoms with E-state index in [0.29, 0.717) is 76.2 Å². The molecular formula is C66H62BrCl5N14O11. The van der Waals surface area contributed by atoms with Crippen LogP contribution in [0.5, 0.6) is 0 Å². The number of hydrogen-bond acceptors (Lipinski definition) is 15. The third-order valence-electron chi connectivity index (χ3n) is 14.4. The molecule has 12 aromatic rings. The number of carboxylic acid groups (broad SMARTS) is 1. The van der Waals surface area contributed by atoms with Gasteiger partial charge in [0.25, 0.3) is 22.2 Å². The lowest BCUT2D eigenvalue weighted by atomic mass is 10.2. The lowest BCUT2D eigenvalue weighted by Gasteiger charge is -2.30. The third kappa shape index (κ3) is 18.7. The summed E-state index contributed by atoms with van der Waals surface area (Å²) in [5.74, 6) is -1.82. The van der Waals surface area contributed by atoms with Crippen molar-refractivity contribution in [3.05, 3.63) is 233 Å². The van der Waals surface area contributed by atoms with Gasteiger partial charge in [-0.3, -0.25) is 52.1 Å². The predicted octanol–water partition coefficient (Wildman–Crippen LogP) is 10.1. The minimum Gasteiger partial charge on any atom is -0.480 e. The molecule has 1 amide bonds. The van der Waals surface area contributed by atoms with Crippen molar-refractivity contribution in [2.75, 3.05) is 44.7 Å². The second kappa shape index (κ2) is 34.8. The van der Waals surface area contributed by atoms with Crippen molar-refractivity contribution in [2.45, 2.75) is 46.3 Å². The quantitative estimate of drug-likeness (QED) is 0.0714. The van der Waals surface area contributed by atoms with E-state index < -0.39 is 24.0 Å². The van der Waals surface area contributed by atoms with Gasteiger partial charge in [-0.15, -0.1) is 12.4 Å². The normalized spacial score (nSPS) is 11.9. The topological polar surface area (TPSA) is 292 Å². The lowest BCUT2D eigenvalue weighted by Crippen LogP contribution is -2.44. The molecule has 0 spiro atoms. The van der Waals surface area contributed by atoms with Crippen LogP contribution < -0.4 is 27.6 Å². The molecule has 31 heteroatoms. The number of benzene rings is 4. The standard InChI is InChI=1S/C17H15ClN4O2.C16H14ClN3O3.C14H10ClN3O3.C12H8ClN3O.C4H7BrO2.C3H7N.ClH/c18-12-2-4-13(5-3-12)22-9-6-14-16(22)17(24)21(11-19-14)10-15(23)20-7-1-8-20;1-2-23-14(21)9-19-10-18-13-7-8-20(15(13)16(19)22)12-5-3-11(17)4-6-12;15-9-1-3-10(4-2-9)18-6-5-11-13(18)14(21)17(8-16-11)7-12(19)20;13-8-1-3-9(4-2-8)16-6-5-10-11(16)12(17)15-7-14-10;1-2-7-4(6)3-5;1-2-4-3-1;/h2-6,9,11H,1,7-8,10H2;3-8,10H,2,9H2,1H3;1-6,8H,7H2,(H,19,20);1-7H,(H,14,15,17);2-3H2,1H3;4H,1-3H2;1H. The van der Waals surface area contributed by atoms with Crippen LogP contribution in [-0.4, -0.2) is 135 Å². The van der Waals surface area contributed by atoms with E-state index in [2.05, 4.69) is 50.9 Å². The first-order valence-corrected chi connectivity index (χ1v) is 32.3. The van der Waals surface area contributed by atoms with Crippen molar-refractivity contribution in [3.63, 3.8) is 0 Å². The molecule has 0 radical (unpaired) electrons. The first kappa shape index (κ1) is 73.1. The second-order valence-corrected chi connectivity index (χ2v) is 23.1. The predicted molar refractivity (Wildman–Crippen MR) is 378 cm³/mol. The van der Waals surface area contributed by atoms with Crippen LogP contribution in [0.2, 0.25) is 20.1 Å². The number of halogens is 6. The smallest absolute Gasteiger partial charge is 0.326 e. The monoisotopic (exact) mass is 1480 g/mol. The zero-order valence-electron chi connectivity index (χ0n) is 51.8. The first-order chi connectivity index (χ1) is 46.3. The molecule has 14 rings (SSSR count). The molecule has 25 nitrogen and oxygen atoms in total. The summed E-state index contributed by atoms with van der Waals surface area (Å²) in [6.45, 7) is 7.70. The van der Waals surface area contributed by atoms with Crippen molar-refractivity contribution in [1.29, 1.82) is 0 Å². The number of hydrogen-bond donors (Lipinski definition) is 3. The molecule has 2 saturated heterocycles. The highest BCUT2D eigenvalue weighted by molar-refractivity contribution is 9.09. The molecule has 0 unspecified atom stereocenters. The van der Waals surface area contributed by atoms with E-state index in [0.717, 1.165) is 46.8 Å². The van der Waals surface area contributed by atoms with E-state index in [1.54, 1.807) is 141 Å². The fourth-order valence-electron chi connectivity index (χ4n) is 9.44. The average Bonchev–Trinajstić information content (AvgIpc) is 1.86. The number of likely N-dealkylation sites (tertiary alicyclic amines) is 1. The number of ether oxygens (including phenoxy) is 2. The van der Waals surface area contributed by atoms with Crippen molar-refractivity contribution in [1.82, 2.24) is 67.1 Å². The van der Waals surface area contributed by atoms with Crippen molar-refractivity contribution in [3.8, 4) is 22.7 Å². The van der Waals surface area contributed by atoms with Crippen LogP contribution in [0.3, 0.4) is 0 Å². The Bertz CT molecular complexity index is 4940. The van der Waals surface area contributed by atoms with Crippen molar-refractivity contribution >= 4 is 143 Å². The molecule has 2 aliphatic rings. The molecule has 0 saturated carbocycles. The van der Waals surface area contributed by atoms with E-state index in [-0.39, 0.29) is 60.7 Å². The van der Waals surface area contributed by atoms with Crippen LogP contribution in [0.1, 0.15) is 26.7 Å². The third-order valence-corrected chi connectivity index (χ3v) is 15.9. The Morgan fingerprint density at radius 3 is 1.12 bits per heavy atom. The maximum atomic E-state index is 12.8. The highest BCUT2D eigenvalue weighted by atomic mass is 79.9. The largest absolute Gasteiger partial charge is 0.480 e. The van der Waals surface area contributed by atoms with Gasteiger partial charge >= 0.3 is 17.9 Å². The zero-order valence-corrected chi connectivity index (χ0v) is 57.3. The first-order valence-electron chi connectivity index (χ1n) is 29.7. The maximum absolute atomic E-state index is 12.8. The molecule has 10 heterocycles. The van der Waals surface area contributed by atoms with E-state index >= 15 is 0 Å². The summed E-state index contributed by atoms with van der Waals surface area (Å²) in [5.41, 5.74) is 6.22. The van der Waals surface area contributed by atoms with Gasteiger partial charge in [0.15, 0.2) is 0 Å². The number of fused-ring (bicyclic) bond motifs is 4. The molecule has 8 aromatic heterocycles. The van der Waals surface area contributed by atoms with Crippen LogP contribution in [0.25, 0.3) is 66.9 Å². The highest BCUT2D eigenvalue weighted by Gasteiger charge is 2.22. The number of carbonyl (C=O) groups is 4. The van der Waals surface area contributed by atoms with E-state index in [4.69, 9.17) is 56.2 Å². The fourth-order valence-corrected chi connectivity index (χ4v) is 10.1. The molecule has 0 atom stereocenters. The number of aliphatic carboxylic acids is 1. The second-order valence-electron chi connectivity index (χ2n) is 20.8. The fraction of sp³-hybridized carbons (Fsp3) is 0.212. The Labute approximate surface area is 586 Å². The van der Waals surface area contributed by atoms with E-state index in [1.165, 1.54) is 54.0 Å². The number of amides is 1. The van der Waals surface area contributed by atoms with Gasteiger partial charge in [-0.2, -0.15) is 0 Å². The molecule has 504 valence electrons. The number of aromatic nitrogens is 12. The Hall–Kier alpha value is -9.67. The van der Waals surface area contributed by atoms with Crippen LogP contribution in [0.4, 0.5) is 0 Å². The number of carboxylic acids is 1. The number of nitrogens with one attached hydrogen (secondary N) is 2. The highest BCUT2D eigenvalue weighted by Crippen LogP contribution is 2.23. The van der Waals surface area contributed by atoms with Gasteiger partial charge in [0, 0.05) is 80.7 Å². The van der Waals surface area contributed by atoms with Gasteiger partial charge in [-0.1, -0.05) is 62.3 Å². The summed E-state index contributed by atoms with van der Waals surface area (Å²) in [7, 11) is 0. The Kier molecular flexibility index (Phi) is 26.3. The summed E-state index contributed by atoms with van der Waals surface area (Å²) in [4.78, 5) is 115. The molecule has 3 N–H and O–H groups in total. The van der Waals surface area contributed by atoms with E-state index in [1.807, 2.05) is 42.6 Å². The van der Waals surface area contributed by atoms with Crippen LogP contribution in [0.15, 0.2) is 191 Å². The molecule has 2 aliphatic heterocycles. The van der Waals surface area contributed by atoms with E-state index in [9.17, 15) is 38.4 Å². The van der Waals surface area contributed by atoms with Gasteiger partial charge in [0.1, 0.15) is 47.0 Å². The maximum Gasteiger partial charge on any atom is 0.326 e. The van der Waals surface area contributed by atoms with Crippen LogP contribution >= 0.6 is 74.7 Å². The van der Waals surface area contributed by atoms with Gasteiger partial charge in [0.05, 0.1) is 60.6 Å². The molecule has 4 aromatic carbocycles. The number of H-pyrrole nitrogens is 1. The Morgan fingerprint density at radius 1 is 0.485 bits per heavy atom. The molecular weight excluding hydrogens is 1420 g/mol. The van der Waals surface area contributed by atoms with Gasteiger partial charge in [-0.25, -0.2) is 19.9 Å². The summed E-state index contributed by atoms with van der Waals surface area (Å²) in [6.07, 6.45) is 14.9. The van der Waals surface area contributed by atoms with Crippen LogP contribution in [-0.2, 0) is 48.3 Å². The summed E-state index contributed by atoms with van der Waals surface area (Å²) in [5, 5.41) is 14.7. The number of esters is 2. The Morgan fingerprint density at radius 2 is 0.814 bits per heavy atom. The number of alkyl halides is 1. The molecule has 97 heavy (non-hydrogen) atoms.